The average Bonchev–Trinajstić information content (AvgIpc) is 2.07. The van der Waals surface area contributed by atoms with Crippen molar-refractivity contribution in [2.75, 3.05) is 12.4 Å². The third-order valence-electron chi connectivity index (χ3n) is 2.31. The first-order valence-electron chi connectivity index (χ1n) is 4.97. The van der Waals surface area contributed by atoms with Crippen molar-refractivity contribution in [2.24, 2.45) is 5.92 Å². The largest absolute Gasteiger partial charge is 0.396 e. The fourth-order valence-electron chi connectivity index (χ4n) is 1.09. The molecule has 0 heterocycles. The van der Waals surface area contributed by atoms with Crippen LogP contribution in [0.15, 0.2) is 0 Å². The second-order valence-corrected chi connectivity index (χ2v) is 4.81. The van der Waals surface area contributed by atoms with Crippen molar-refractivity contribution >= 4 is 11.8 Å². The van der Waals surface area contributed by atoms with Crippen molar-refractivity contribution in [3.8, 4) is 0 Å². The Labute approximate surface area is 80.9 Å². The lowest BCUT2D eigenvalue weighted by Crippen LogP contribution is -2.06. The van der Waals surface area contributed by atoms with Gasteiger partial charge in [0.25, 0.3) is 0 Å². The van der Waals surface area contributed by atoms with Gasteiger partial charge in [0.2, 0.25) is 0 Å². The summed E-state index contributed by atoms with van der Waals surface area (Å²) in [6, 6.07) is 0. The number of thioether (sulfide) groups is 1. The molecule has 0 bridgehead atoms. The molecule has 0 aliphatic carbocycles. The third-order valence-corrected chi connectivity index (χ3v) is 3.78. The Morgan fingerprint density at radius 1 is 1.25 bits per heavy atom. The van der Waals surface area contributed by atoms with Crippen molar-refractivity contribution in [3.63, 3.8) is 0 Å². The van der Waals surface area contributed by atoms with Crippen molar-refractivity contribution in [1.29, 1.82) is 0 Å². The molecular weight excluding hydrogens is 168 g/mol. The van der Waals surface area contributed by atoms with E-state index in [4.69, 9.17) is 5.11 Å². The lowest BCUT2D eigenvalue weighted by molar-refractivity contribution is 0.289. The quantitative estimate of drug-likeness (QED) is 0.666. The maximum absolute atomic E-state index is 8.70. The smallest absolute Gasteiger partial charge is 0.0441 e. The van der Waals surface area contributed by atoms with E-state index in [-0.39, 0.29) is 0 Å². The summed E-state index contributed by atoms with van der Waals surface area (Å²) in [5, 5.41) is 9.32. The molecule has 0 aliphatic rings. The van der Waals surface area contributed by atoms with Gasteiger partial charge in [0.1, 0.15) is 0 Å². The molecular formula is C10H22OS. The van der Waals surface area contributed by atoms with Crippen LogP contribution in [-0.2, 0) is 0 Å². The van der Waals surface area contributed by atoms with Crippen LogP contribution in [0.2, 0.25) is 0 Å². The van der Waals surface area contributed by atoms with Gasteiger partial charge in [-0.3, -0.25) is 0 Å². The maximum atomic E-state index is 8.70. The number of hydrogen-bond donors (Lipinski definition) is 1. The predicted molar refractivity (Wildman–Crippen MR) is 57.7 cm³/mol. The monoisotopic (exact) mass is 190 g/mol. The van der Waals surface area contributed by atoms with Crippen LogP contribution in [0.5, 0.6) is 0 Å². The summed E-state index contributed by atoms with van der Waals surface area (Å²) < 4.78 is 0. The molecule has 1 atom stereocenters. The summed E-state index contributed by atoms with van der Waals surface area (Å²) in [5.41, 5.74) is 0. The number of hydrogen-bond acceptors (Lipinski definition) is 2. The standard InChI is InChI=1S/C10H22OS/c1-4-10(5-2)8-12-9(3)6-7-11/h9-11H,4-8H2,1-3H3. The van der Waals surface area contributed by atoms with Gasteiger partial charge in [-0.25, -0.2) is 0 Å². The first kappa shape index (κ1) is 12.3. The molecule has 0 saturated heterocycles. The van der Waals surface area contributed by atoms with Gasteiger partial charge in [0.05, 0.1) is 0 Å². The molecule has 0 saturated carbocycles. The van der Waals surface area contributed by atoms with E-state index >= 15 is 0 Å². The molecule has 0 fully saturated rings. The predicted octanol–water partition coefficient (Wildman–Crippen LogP) is 2.93. The van der Waals surface area contributed by atoms with Crippen LogP contribution in [0, 0.1) is 5.92 Å². The highest BCUT2D eigenvalue weighted by Gasteiger charge is 2.06. The van der Waals surface area contributed by atoms with Gasteiger partial charge >= 0.3 is 0 Å². The van der Waals surface area contributed by atoms with Crippen LogP contribution >= 0.6 is 11.8 Å². The molecule has 0 aliphatic heterocycles. The maximum Gasteiger partial charge on any atom is 0.0441 e. The molecule has 2 heteroatoms. The third kappa shape index (κ3) is 5.90. The van der Waals surface area contributed by atoms with E-state index in [1.165, 1.54) is 18.6 Å². The SMILES string of the molecule is CCC(CC)CSC(C)CCO. The van der Waals surface area contributed by atoms with Crippen LogP contribution in [0.1, 0.15) is 40.0 Å². The Bertz CT molecular complexity index is 91.8. The molecule has 1 nitrogen and oxygen atoms in total. The van der Waals surface area contributed by atoms with Gasteiger partial charge in [-0.05, 0) is 18.1 Å². The van der Waals surface area contributed by atoms with Gasteiger partial charge in [-0.1, -0.05) is 33.6 Å². The zero-order valence-electron chi connectivity index (χ0n) is 8.55. The summed E-state index contributed by atoms with van der Waals surface area (Å²) in [6.45, 7) is 7.04. The van der Waals surface area contributed by atoms with Crippen molar-refractivity contribution in [1.82, 2.24) is 0 Å². The Morgan fingerprint density at radius 3 is 2.25 bits per heavy atom. The summed E-state index contributed by atoms with van der Waals surface area (Å²) >= 11 is 2.00. The van der Waals surface area contributed by atoms with E-state index in [0.717, 1.165) is 12.3 Å². The van der Waals surface area contributed by atoms with E-state index in [0.29, 0.717) is 11.9 Å². The normalized spacial score (nSPS) is 13.8. The molecule has 0 spiro atoms. The topological polar surface area (TPSA) is 20.2 Å². The van der Waals surface area contributed by atoms with E-state index in [2.05, 4.69) is 20.8 Å². The summed E-state index contributed by atoms with van der Waals surface area (Å²) in [7, 11) is 0. The number of aliphatic hydroxyl groups is 1. The van der Waals surface area contributed by atoms with Crippen LogP contribution in [0.25, 0.3) is 0 Å². The lowest BCUT2D eigenvalue weighted by Gasteiger charge is -2.15. The highest BCUT2D eigenvalue weighted by Crippen LogP contribution is 2.20. The fraction of sp³-hybridized carbons (Fsp3) is 1.00. The summed E-state index contributed by atoms with van der Waals surface area (Å²) in [4.78, 5) is 0. The van der Waals surface area contributed by atoms with Crippen LogP contribution in [-0.4, -0.2) is 22.7 Å². The first-order valence-corrected chi connectivity index (χ1v) is 6.01. The van der Waals surface area contributed by atoms with Gasteiger partial charge < -0.3 is 5.11 Å². The molecule has 0 aromatic carbocycles. The van der Waals surface area contributed by atoms with Crippen molar-refractivity contribution in [2.45, 2.75) is 45.3 Å². The van der Waals surface area contributed by atoms with Crippen LogP contribution in [0.4, 0.5) is 0 Å². The van der Waals surface area contributed by atoms with Gasteiger partial charge in [-0.2, -0.15) is 11.8 Å². The fourth-order valence-corrected chi connectivity index (χ4v) is 2.43. The Hall–Kier alpha value is 0.310. The molecule has 1 N–H and O–H groups in total. The molecule has 0 amide bonds. The van der Waals surface area contributed by atoms with Gasteiger partial charge in [-0.15, -0.1) is 0 Å². The number of aliphatic hydroxyl groups excluding tert-OH is 1. The Morgan fingerprint density at radius 2 is 1.83 bits per heavy atom. The lowest BCUT2D eigenvalue weighted by atomic mass is 10.1. The summed E-state index contributed by atoms with van der Waals surface area (Å²) in [5.74, 6) is 2.13. The Balaban J connectivity index is 3.37. The first-order chi connectivity index (χ1) is 5.74. The molecule has 0 aromatic rings. The minimum absolute atomic E-state index is 0.330. The highest BCUT2D eigenvalue weighted by molar-refractivity contribution is 7.99. The van der Waals surface area contributed by atoms with E-state index < -0.39 is 0 Å². The molecule has 1 unspecified atom stereocenters. The summed E-state index contributed by atoms with van der Waals surface area (Å²) in [6.07, 6.45) is 3.51. The second-order valence-electron chi connectivity index (χ2n) is 3.34. The minimum atomic E-state index is 0.330. The molecule has 0 radical (unpaired) electrons. The minimum Gasteiger partial charge on any atom is -0.396 e. The zero-order chi connectivity index (χ0) is 9.40. The molecule has 12 heavy (non-hydrogen) atoms. The highest BCUT2D eigenvalue weighted by atomic mass is 32.2. The van der Waals surface area contributed by atoms with E-state index in [1.54, 1.807) is 0 Å². The number of rotatable bonds is 7. The average molecular weight is 190 g/mol. The Kier molecular flexibility index (Phi) is 8.14. The van der Waals surface area contributed by atoms with Crippen molar-refractivity contribution < 1.29 is 5.11 Å². The van der Waals surface area contributed by atoms with Gasteiger partial charge in [0, 0.05) is 11.9 Å². The van der Waals surface area contributed by atoms with Gasteiger partial charge in [0.15, 0.2) is 0 Å². The molecule has 74 valence electrons. The van der Waals surface area contributed by atoms with E-state index in [1.807, 2.05) is 11.8 Å². The second kappa shape index (κ2) is 7.93. The van der Waals surface area contributed by atoms with E-state index in [9.17, 15) is 0 Å². The van der Waals surface area contributed by atoms with Crippen molar-refractivity contribution in [3.05, 3.63) is 0 Å². The van der Waals surface area contributed by atoms with Crippen LogP contribution in [0.3, 0.4) is 0 Å². The van der Waals surface area contributed by atoms with Crippen LogP contribution < -0.4 is 0 Å². The molecule has 0 rings (SSSR count). The molecule has 0 aromatic heterocycles. The zero-order valence-corrected chi connectivity index (χ0v) is 9.36.